The van der Waals surface area contributed by atoms with Crippen LogP contribution in [0.5, 0.6) is 0 Å². The number of nitrogens with two attached hydrogens (primary N) is 1. The highest BCUT2D eigenvalue weighted by Crippen LogP contribution is 2.31. The van der Waals surface area contributed by atoms with Crippen molar-refractivity contribution in [3.8, 4) is 10.6 Å². The van der Waals surface area contributed by atoms with Gasteiger partial charge in [-0.1, -0.05) is 32.9 Å². The molecule has 0 aliphatic rings. The molecule has 0 radical (unpaired) electrons. The highest BCUT2D eigenvalue weighted by atomic mass is 32.1. The van der Waals surface area contributed by atoms with E-state index < -0.39 is 17.8 Å². The van der Waals surface area contributed by atoms with Crippen LogP contribution in [-0.2, 0) is 17.5 Å². The van der Waals surface area contributed by atoms with Gasteiger partial charge in [-0.25, -0.2) is 4.98 Å². The molecule has 0 unspecified atom stereocenters. The number of hydrogen-bond acceptors (Lipinski definition) is 4. The average Bonchev–Trinajstić information content (AvgIpc) is 2.99. The first kappa shape index (κ1) is 19.4. The first-order valence-corrected chi connectivity index (χ1v) is 8.52. The number of hydrogen-bond donors (Lipinski definition) is 2. The zero-order chi connectivity index (χ0) is 18.8. The molecular weight excluding hydrogens is 351 g/mol. The molecule has 0 aliphatic carbocycles. The smallest absolute Gasteiger partial charge is 0.349 e. The molecule has 8 heteroatoms. The van der Waals surface area contributed by atoms with E-state index in [-0.39, 0.29) is 17.9 Å². The first-order valence-electron chi connectivity index (χ1n) is 7.64. The molecule has 25 heavy (non-hydrogen) atoms. The van der Waals surface area contributed by atoms with Gasteiger partial charge in [-0.2, -0.15) is 13.2 Å². The molecule has 3 N–H and O–H groups in total. The summed E-state index contributed by atoms with van der Waals surface area (Å²) in [5.41, 5.74) is 6.07. The highest BCUT2D eigenvalue weighted by molar-refractivity contribution is 7.13. The summed E-state index contributed by atoms with van der Waals surface area (Å²) in [7, 11) is 0. The maximum absolute atomic E-state index is 12.6. The molecule has 0 saturated heterocycles. The van der Waals surface area contributed by atoms with Crippen molar-refractivity contribution in [3.63, 3.8) is 0 Å². The Labute approximate surface area is 148 Å². The maximum Gasteiger partial charge on any atom is 0.416 e. The third kappa shape index (κ3) is 5.02. The molecule has 2 aromatic rings. The summed E-state index contributed by atoms with van der Waals surface area (Å²) in [6, 6.07) is 4.20. The summed E-state index contributed by atoms with van der Waals surface area (Å²) >= 11 is 1.31. The summed E-state index contributed by atoms with van der Waals surface area (Å²) in [6.07, 6.45) is -4.36. The zero-order valence-corrected chi connectivity index (χ0v) is 15.0. The number of amides is 1. The van der Waals surface area contributed by atoms with Gasteiger partial charge in [0, 0.05) is 10.9 Å². The molecular formula is C17H20F3N3OS. The van der Waals surface area contributed by atoms with Crippen LogP contribution in [0.25, 0.3) is 10.6 Å². The number of carbonyl (C=O) groups excluding carboxylic acids is 1. The third-order valence-corrected chi connectivity index (χ3v) is 4.61. The first-order chi connectivity index (χ1) is 11.5. The lowest BCUT2D eigenvalue weighted by molar-refractivity contribution is -0.137. The monoisotopic (exact) mass is 371 g/mol. The van der Waals surface area contributed by atoms with Crippen LogP contribution in [0, 0.1) is 5.41 Å². The average molecular weight is 371 g/mol. The predicted molar refractivity (Wildman–Crippen MR) is 91.8 cm³/mol. The third-order valence-electron chi connectivity index (χ3n) is 3.67. The molecule has 136 valence electrons. The van der Waals surface area contributed by atoms with Crippen LogP contribution < -0.4 is 11.1 Å². The van der Waals surface area contributed by atoms with Crippen molar-refractivity contribution in [2.75, 3.05) is 0 Å². The van der Waals surface area contributed by atoms with Crippen LogP contribution in [0.15, 0.2) is 29.6 Å². The van der Waals surface area contributed by atoms with Crippen molar-refractivity contribution in [1.29, 1.82) is 0 Å². The van der Waals surface area contributed by atoms with E-state index >= 15 is 0 Å². The molecule has 0 fully saturated rings. The van der Waals surface area contributed by atoms with Crippen molar-refractivity contribution in [1.82, 2.24) is 10.3 Å². The number of carbonyl (C=O) groups is 1. The largest absolute Gasteiger partial charge is 0.416 e. The molecule has 1 atom stereocenters. The van der Waals surface area contributed by atoms with Crippen LogP contribution in [-0.4, -0.2) is 16.9 Å². The van der Waals surface area contributed by atoms with Crippen molar-refractivity contribution in [3.05, 3.63) is 40.9 Å². The maximum atomic E-state index is 12.6. The number of aromatic nitrogens is 1. The molecule has 0 aliphatic heterocycles. The number of alkyl halides is 3. The van der Waals surface area contributed by atoms with Crippen molar-refractivity contribution in [2.24, 2.45) is 11.1 Å². The minimum absolute atomic E-state index is 0.222. The number of rotatable bonds is 4. The van der Waals surface area contributed by atoms with Crippen LogP contribution in [0.1, 0.15) is 32.0 Å². The molecule has 1 amide bonds. The molecule has 1 heterocycles. The summed E-state index contributed by atoms with van der Waals surface area (Å²) < 4.78 is 37.8. The minimum Gasteiger partial charge on any atom is -0.349 e. The molecule has 0 bridgehead atoms. The van der Waals surface area contributed by atoms with Crippen molar-refractivity contribution in [2.45, 2.75) is 39.5 Å². The fraction of sp³-hybridized carbons (Fsp3) is 0.412. The van der Waals surface area contributed by atoms with E-state index in [9.17, 15) is 18.0 Å². The normalized spacial score (nSPS) is 13.6. The van der Waals surface area contributed by atoms with Crippen LogP contribution in [0.3, 0.4) is 0 Å². The van der Waals surface area contributed by atoms with Gasteiger partial charge in [0.25, 0.3) is 0 Å². The van der Waals surface area contributed by atoms with E-state index in [0.29, 0.717) is 16.3 Å². The van der Waals surface area contributed by atoms with E-state index in [2.05, 4.69) is 10.3 Å². The fourth-order valence-electron chi connectivity index (χ4n) is 2.00. The van der Waals surface area contributed by atoms with E-state index in [0.717, 1.165) is 12.1 Å². The van der Waals surface area contributed by atoms with E-state index in [4.69, 9.17) is 5.73 Å². The number of nitrogens with one attached hydrogen (secondary N) is 1. The van der Waals surface area contributed by atoms with Crippen LogP contribution in [0.4, 0.5) is 13.2 Å². The van der Waals surface area contributed by atoms with Gasteiger partial charge in [0.1, 0.15) is 5.01 Å². The fourth-order valence-corrected chi connectivity index (χ4v) is 2.83. The molecule has 4 nitrogen and oxygen atoms in total. The Bertz CT molecular complexity index is 733. The summed E-state index contributed by atoms with van der Waals surface area (Å²) in [5.74, 6) is -0.267. The van der Waals surface area contributed by atoms with Gasteiger partial charge in [-0.15, -0.1) is 11.3 Å². The second kappa shape index (κ2) is 7.13. The predicted octanol–water partition coefficient (Wildman–Crippen LogP) is 3.82. The quantitative estimate of drug-likeness (QED) is 0.859. The van der Waals surface area contributed by atoms with Gasteiger partial charge in [0.15, 0.2) is 0 Å². The summed E-state index contributed by atoms with van der Waals surface area (Å²) in [5, 5.41) is 5.09. The Morgan fingerprint density at radius 2 is 1.84 bits per heavy atom. The number of thiazole rings is 1. The van der Waals surface area contributed by atoms with Gasteiger partial charge in [-0.3, -0.25) is 4.79 Å². The Kier molecular flexibility index (Phi) is 5.53. The molecule has 0 saturated carbocycles. The zero-order valence-electron chi connectivity index (χ0n) is 14.1. The topological polar surface area (TPSA) is 68.0 Å². The number of benzene rings is 1. The highest BCUT2D eigenvalue weighted by Gasteiger charge is 2.30. The van der Waals surface area contributed by atoms with Crippen LogP contribution in [0.2, 0.25) is 0 Å². The Balaban J connectivity index is 2.02. The van der Waals surface area contributed by atoms with Gasteiger partial charge in [0.2, 0.25) is 5.91 Å². The van der Waals surface area contributed by atoms with Gasteiger partial charge >= 0.3 is 6.18 Å². The SMILES string of the molecule is CC(C)(C)[C@H](N)C(=O)NCc1csc(-c2ccc(C(F)(F)F)cc2)n1. The van der Waals surface area contributed by atoms with Gasteiger partial charge in [-0.05, 0) is 17.5 Å². The van der Waals surface area contributed by atoms with E-state index in [1.54, 1.807) is 5.38 Å². The van der Waals surface area contributed by atoms with Gasteiger partial charge < -0.3 is 11.1 Å². The second-order valence-corrected chi connectivity index (χ2v) is 7.64. The van der Waals surface area contributed by atoms with Crippen molar-refractivity contribution >= 4 is 17.2 Å². The lowest BCUT2D eigenvalue weighted by Gasteiger charge is -2.25. The number of halogens is 3. The van der Waals surface area contributed by atoms with Crippen molar-refractivity contribution < 1.29 is 18.0 Å². The molecule has 2 rings (SSSR count). The Morgan fingerprint density at radius 1 is 1.24 bits per heavy atom. The molecule has 1 aromatic heterocycles. The Morgan fingerprint density at radius 3 is 2.36 bits per heavy atom. The van der Waals surface area contributed by atoms with E-state index in [1.807, 2.05) is 20.8 Å². The molecule has 0 spiro atoms. The lowest BCUT2D eigenvalue weighted by atomic mass is 9.87. The minimum atomic E-state index is -4.36. The number of nitrogens with zero attached hydrogens (tertiary/aromatic N) is 1. The Hall–Kier alpha value is -1.93. The van der Waals surface area contributed by atoms with E-state index in [1.165, 1.54) is 23.5 Å². The summed E-state index contributed by atoms with van der Waals surface area (Å²) in [4.78, 5) is 16.4. The second-order valence-electron chi connectivity index (χ2n) is 6.78. The molecule has 1 aromatic carbocycles. The summed E-state index contributed by atoms with van der Waals surface area (Å²) in [6.45, 7) is 5.86. The van der Waals surface area contributed by atoms with Crippen LogP contribution >= 0.6 is 11.3 Å². The van der Waals surface area contributed by atoms with Gasteiger partial charge in [0.05, 0.1) is 23.8 Å². The standard InChI is InChI=1S/C17H20F3N3OS/c1-16(2,3)13(21)14(24)22-8-12-9-25-15(23-12)10-4-6-11(7-5-10)17(18,19)20/h4-7,9,13H,8,21H2,1-3H3,(H,22,24)/t13-/m1/s1. The lowest BCUT2D eigenvalue weighted by Crippen LogP contribution is -2.48.